The molecule has 0 radical (unpaired) electrons. The molecule has 0 aromatic heterocycles. The summed E-state index contributed by atoms with van der Waals surface area (Å²) in [5.74, 6) is -1.21. The zero-order chi connectivity index (χ0) is 12.5. The van der Waals surface area contributed by atoms with Crippen LogP contribution in [0, 0.1) is 11.6 Å². The molecule has 1 amide bonds. The summed E-state index contributed by atoms with van der Waals surface area (Å²) in [6, 6.07) is 3.64. The van der Waals surface area contributed by atoms with Crippen LogP contribution in [0.25, 0.3) is 0 Å². The van der Waals surface area contributed by atoms with Crippen molar-refractivity contribution >= 4 is 17.7 Å². The van der Waals surface area contributed by atoms with Crippen molar-refractivity contribution in [1.29, 1.82) is 0 Å². The Kier molecular flexibility index (Phi) is 3.35. The molecule has 1 saturated heterocycles. The first-order chi connectivity index (χ1) is 8.05. The minimum atomic E-state index is -1.09. The number of primary amides is 1. The average molecular weight is 258 g/mol. The summed E-state index contributed by atoms with van der Waals surface area (Å²) in [5.41, 5.74) is 5.21. The van der Waals surface area contributed by atoms with Gasteiger partial charge in [-0.1, -0.05) is 6.07 Å². The predicted octanol–water partition coefficient (Wildman–Crippen LogP) is 1.03. The maximum atomic E-state index is 13.5. The van der Waals surface area contributed by atoms with Gasteiger partial charge in [-0.3, -0.25) is 10.1 Å². The topological polar surface area (TPSA) is 55.1 Å². The van der Waals surface area contributed by atoms with Gasteiger partial charge in [-0.15, -0.1) is 11.8 Å². The fourth-order valence-corrected chi connectivity index (χ4v) is 2.98. The van der Waals surface area contributed by atoms with Gasteiger partial charge in [0.2, 0.25) is 5.91 Å². The number of thioether (sulfide) groups is 1. The van der Waals surface area contributed by atoms with Crippen molar-refractivity contribution in [2.24, 2.45) is 5.73 Å². The summed E-state index contributed by atoms with van der Waals surface area (Å²) in [6.45, 7) is 0.601. The van der Waals surface area contributed by atoms with Crippen molar-refractivity contribution in [3.63, 3.8) is 0 Å². The van der Waals surface area contributed by atoms with E-state index in [-0.39, 0.29) is 12.0 Å². The number of halogens is 2. The Balaban J connectivity index is 2.33. The predicted molar refractivity (Wildman–Crippen MR) is 62.4 cm³/mol. The molecule has 1 heterocycles. The van der Waals surface area contributed by atoms with Gasteiger partial charge in [0.1, 0.15) is 16.5 Å². The van der Waals surface area contributed by atoms with Crippen LogP contribution >= 0.6 is 11.8 Å². The number of hydrogen-bond acceptors (Lipinski definition) is 3. The largest absolute Gasteiger partial charge is 0.367 e. The molecule has 1 aliphatic rings. The summed E-state index contributed by atoms with van der Waals surface area (Å²) in [5, 5.41) is 2.93. The molecule has 0 aliphatic carbocycles. The second-order valence-corrected chi connectivity index (χ2v) is 5.24. The molecular weight excluding hydrogens is 246 g/mol. The minimum Gasteiger partial charge on any atom is -0.367 e. The SMILES string of the molecule is NC(=O)C1(Cc2c(F)cccc2F)NCCS1. The van der Waals surface area contributed by atoms with Gasteiger partial charge in [0, 0.05) is 24.3 Å². The van der Waals surface area contributed by atoms with Crippen molar-refractivity contribution < 1.29 is 13.6 Å². The quantitative estimate of drug-likeness (QED) is 0.851. The lowest BCUT2D eigenvalue weighted by atomic mass is 10.0. The van der Waals surface area contributed by atoms with Crippen molar-refractivity contribution in [1.82, 2.24) is 5.32 Å². The van der Waals surface area contributed by atoms with Crippen LogP contribution in [-0.4, -0.2) is 23.1 Å². The van der Waals surface area contributed by atoms with Crippen LogP contribution in [-0.2, 0) is 11.2 Å². The molecule has 1 fully saturated rings. The van der Waals surface area contributed by atoms with E-state index < -0.39 is 22.4 Å². The van der Waals surface area contributed by atoms with Crippen molar-refractivity contribution in [2.75, 3.05) is 12.3 Å². The average Bonchev–Trinajstić information content (AvgIpc) is 2.73. The van der Waals surface area contributed by atoms with Crippen LogP contribution in [0.4, 0.5) is 8.78 Å². The van der Waals surface area contributed by atoms with E-state index in [1.54, 1.807) is 0 Å². The van der Waals surface area contributed by atoms with Crippen molar-refractivity contribution in [3.05, 3.63) is 35.4 Å². The molecule has 92 valence electrons. The molecule has 17 heavy (non-hydrogen) atoms. The number of carbonyl (C=O) groups excluding carboxylic acids is 1. The van der Waals surface area contributed by atoms with E-state index in [0.29, 0.717) is 12.3 Å². The maximum Gasteiger partial charge on any atom is 0.248 e. The highest BCUT2D eigenvalue weighted by molar-refractivity contribution is 8.01. The molecule has 0 bridgehead atoms. The molecule has 1 aromatic rings. The lowest BCUT2D eigenvalue weighted by Crippen LogP contribution is -2.51. The van der Waals surface area contributed by atoms with Gasteiger partial charge in [0.15, 0.2) is 0 Å². The molecular formula is C11H12F2N2OS. The van der Waals surface area contributed by atoms with Gasteiger partial charge in [-0.2, -0.15) is 0 Å². The third-order valence-corrected chi connectivity index (χ3v) is 4.14. The Hall–Kier alpha value is -1.14. The smallest absolute Gasteiger partial charge is 0.248 e. The zero-order valence-electron chi connectivity index (χ0n) is 9.00. The van der Waals surface area contributed by atoms with Crippen LogP contribution in [0.5, 0.6) is 0 Å². The number of nitrogens with two attached hydrogens (primary N) is 1. The second kappa shape index (κ2) is 4.62. The van der Waals surface area contributed by atoms with Gasteiger partial charge in [-0.05, 0) is 12.1 Å². The Bertz CT molecular complexity index is 427. The fourth-order valence-electron chi connectivity index (χ4n) is 1.84. The van der Waals surface area contributed by atoms with E-state index in [9.17, 15) is 13.6 Å². The summed E-state index contributed by atoms with van der Waals surface area (Å²) in [6.07, 6.45) is -0.0779. The number of nitrogens with one attached hydrogen (secondary N) is 1. The standard InChI is InChI=1S/C11H12F2N2OS/c12-8-2-1-3-9(13)7(8)6-11(10(14)16)15-4-5-17-11/h1-3,15H,4-6H2,(H2,14,16). The molecule has 1 atom stereocenters. The maximum absolute atomic E-state index is 13.5. The first-order valence-electron chi connectivity index (χ1n) is 5.17. The Labute approximate surface area is 102 Å². The van der Waals surface area contributed by atoms with Crippen LogP contribution < -0.4 is 11.1 Å². The molecule has 0 spiro atoms. The Morgan fingerprint density at radius 1 is 1.47 bits per heavy atom. The number of benzene rings is 1. The third kappa shape index (κ3) is 2.28. The van der Waals surface area contributed by atoms with Crippen LogP contribution in [0.15, 0.2) is 18.2 Å². The van der Waals surface area contributed by atoms with Crippen LogP contribution in [0.3, 0.4) is 0 Å². The monoisotopic (exact) mass is 258 g/mol. The lowest BCUT2D eigenvalue weighted by Gasteiger charge is -2.25. The summed E-state index contributed by atoms with van der Waals surface area (Å²) >= 11 is 1.29. The van der Waals surface area contributed by atoms with E-state index in [1.807, 2.05) is 0 Å². The van der Waals surface area contributed by atoms with Gasteiger partial charge in [-0.25, -0.2) is 8.78 Å². The normalized spacial score (nSPS) is 23.9. The lowest BCUT2D eigenvalue weighted by molar-refractivity contribution is -0.120. The molecule has 1 unspecified atom stereocenters. The number of rotatable bonds is 3. The number of amides is 1. The molecule has 1 aliphatic heterocycles. The van der Waals surface area contributed by atoms with Gasteiger partial charge >= 0.3 is 0 Å². The van der Waals surface area contributed by atoms with E-state index in [4.69, 9.17) is 5.73 Å². The van der Waals surface area contributed by atoms with E-state index >= 15 is 0 Å². The first kappa shape index (κ1) is 12.3. The highest BCUT2D eigenvalue weighted by Crippen LogP contribution is 2.32. The Morgan fingerprint density at radius 3 is 2.59 bits per heavy atom. The first-order valence-corrected chi connectivity index (χ1v) is 6.15. The van der Waals surface area contributed by atoms with E-state index in [2.05, 4.69) is 5.32 Å². The summed E-state index contributed by atoms with van der Waals surface area (Å²) < 4.78 is 27.0. The van der Waals surface area contributed by atoms with Crippen LogP contribution in [0.2, 0.25) is 0 Å². The van der Waals surface area contributed by atoms with Gasteiger partial charge in [0.05, 0.1) is 0 Å². The van der Waals surface area contributed by atoms with Gasteiger partial charge in [0.25, 0.3) is 0 Å². The van der Waals surface area contributed by atoms with E-state index in [1.165, 1.54) is 30.0 Å². The molecule has 2 rings (SSSR count). The third-order valence-electron chi connectivity index (χ3n) is 2.75. The molecule has 0 saturated carbocycles. The van der Waals surface area contributed by atoms with Crippen molar-refractivity contribution in [3.8, 4) is 0 Å². The zero-order valence-corrected chi connectivity index (χ0v) is 9.82. The Morgan fingerprint density at radius 2 is 2.12 bits per heavy atom. The molecule has 3 N–H and O–H groups in total. The molecule has 1 aromatic carbocycles. The van der Waals surface area contributed by atoms with Crippen LogP contribution in [0.1, 0.15) is 5.56 Å². The number of carbonyl (C=O) groups is 1. The van der Waals surface area contributed by atoms with E-state index in [0.717, 1.165) is 0 Å². The van der Waals surface area contributed by atoms with Gasteiger partial charge < -0.3 is 5.73 Å². The molecule has 3 nitrogen and oxygen atoms in total. The highest BCUT2D eigenvalue weighted by atomic mass is 32.2. The summed E-state index contributed by atoms with van der Waals surface area (Å²) in [7, 11) is 0. The highest BCUT2D eigenvalue weighted by Gasteiger charge is 2.41. The molecule has 6 heteroatoms. The summed E-state index contributed by atoms with van der Waals surface area (Å²) in [4.78, 5) is 10.4. The van der Waals surface area contributed by atoms with Crippen molar-refractivity contribution in [2.45, 2.75) is 11.3 Å². The minimum absolute atomic E-state index is 0.0779. The fraction of sp³-hybridized carbons (Fsp3) is 0.364. The second-order valence-electron chi connectivity index (χ2n) is 3.84. The number of hydrogen-bond donors (Lipinski definition) is 2.